The molecule has 0 radical (unpaired) electrons. The molecular weight excluding hydrogens is 185 g/mol. The Hall–Kier alpha value is 0.500. The van der Waals surface area contributed by atoms with E-state index in [1.165, 1.54) is 19.3 Å². The van der Waals surface area contributed by atoms with Crippen LogP contribution in [0.15, 0.2) is 0 Å². The van der Waals surface area contributed by atoms with E-state index >= 15 is 0 Å². The quantitative estimate of drug-likeness (QED) is 0.603. The highest BCUT2D eigenvalue weighted by atomic mass is 35.5. The third-order valence-corrected chi connectivity index (χ3v) is 1.57. The molecule has 0 saturated carbocycles. The van der Waals surface area contributed by atoms with Gasteiger partial charge in [-0.1, -0.05) is 6.42 Å². The molecule has 0 N–H and O–H groups in total. The van der Waals surface area contributed by atoms with E-state index in [0.29, 0.717) is 0 Å². The number of nitrogens with zero attached hydrogens (tertiary/aromatic N) is 1. The van der Waals surface area contributed by atoms with Crippen molar-refractivity contribution >= 4 is 23.2 Å². The van der Waals surface area contributed by atoms with Crippen molar-refractivity contribution in [2.45, 2.75) is 19.3 Å². The zero-order valence-electron chi connectivity index (χ0n) is 6.85. The van der Waals surface area contributed by atoms with Crippen LogP contribution in [0.25, 0.3) is 0 Å². The van der Waals surface area contributed by atoms with Gasteiger partial charge < -0.3 is 4.84 Å². The van der Waals surface area contributed by atoms with E-state index < -0.39 is 0 Å². The second-order valence-electron chi connectivity index (χ2n) is 2.27. The number of rotatable bonds is 1. The standard InChI is InChI=1S/C6H13NO.CH2Cl2/c1-8-7-5-3-2-4-6-7;2-1-3/h2-6H2,1H3;1H2. The van der Waals surface area contributed by atoms with Gasteiger partial charge >= 0.3 is 0 Å². The van der Waals surface area contributed by atoms with E-state index in [1.54, 1.807) is 7.11 Å². The fourth-order valence-corrected chi connectivity index (χ4v) is 1.05. The van der Waals surface area contributed by atoms with E-state index in [2.05, 4.69) is 0 Å². The zero-order valence-corrected chi connectivity index (χ0v) is 8.37. The number of hydrogen-bond donors (Lipinski definition) is 0. The summed E-state index contributed by atoms with van der Waals surface area (Å²) >= 11 is 9.53. The van der Waals surface area contributed by atoms with Crippen molar-refractivity contribution in [3.63, 3.8) is 0 Å². The summed E-state index contributed by atoms with van der Waals surface area (Å²) in [6, 6.07) is 0. The van der Waals surface area contributed by atoms with Crippen LogP contribution in [0.1, 0.15) is 19.3 Å². The summed E-state index contributed by atoms with van der Waals surface area (Å²) in [5.41, 5.74) is 0. The van der Waals surface area contributed by atoms with Crippen molar-refractivity contribution in [3.8, 4) is 0 Å². The lowest BCUT2D eigenvalue weighted by Gasteiger charge is -2.23. The molecule has 0 aromatic rings. The molecule has 0 aromatic heterocycles. The van der Waals surface area contributed by atoms with Crippen LogP contribution in [0.2, 0.25) is 0 Å². The topological polar surface area (TPSA) is 12.5 Å². The van der Waals surface area contributed by atoms with Crippen molar-refractivity contribution in [2.75, 3.05) is 25.5 Å². The molecule has 2 nitrogen and oxygen atoms in total. The van der Waals surface area contributed by atoms with Crippen LogP contribution in [-0.4, -0.2) is 30.6 Å². The third-order valence-electron chi connectivity index (χ3n) is 1.57. The largest absolute Gasteiger partial charge is 0.302 e. The highest BCUT2D eigenvalue weighted by Crippen LogP contribution is 2.07. The Morgan fingerprint density at radius 1 is 1.18 bits per heavy atom. The molecular formula is C7H15Cl2NO. The molecule has 0 bridgehead atoms. The molecule has 1 aliphatic heterocycles. The van der Waals surface area contributed by atoms with Crippen LogP contribution >= 0.6 is 23.2 Å². The van der Waals surface area contributed by atoms with Crippen LogP contribution < -0.4 is 0 Å². The van der Waals surface area contributed by atoms with Gasteiger partial charge in [-0.2, -0.15) is 5.06 Å². The van der Waals surface area contributed by atoms with Crippen molar-refractivity contribution in [1.82, 2.24) is 5.06 Å². The summed E-state index contributed by atoms with van der Waals surface area (Å²) in [6.45, 7) is 2.24. The minimum Gasteiger partial charge on any atom is -0.302 e. The van der Waals surface area contributed by atoms with Crippen molar-refractivity contribution in [2.24, 2.45) is 0 Å². The average molecular weight is 200 g/mol. The fraction of sp³-hybridized carbons (Fsp3) is 1.00. The second-order valence-corrected chi connectivity index (χ2v) is 3.08. The Balaban J connectivity index is 0.000000292. The van der Waals surface area contributed by atoms with Gasteiger partial charge in [0.05, 0.1) is 12.4 Å². The van der Waals surface area contributed by atoms with Gasteiger partial charge in [-0.15, -0.1) is 23.2 Å². The summed E-state index contributed by atoms with van der Waals surface area (Å²) in [5, 5.41) is 2.21. The summed E-state index contributed by atoms with van der Waals surface area (Å²) in [6.07, 6.45) is 3.97. The predicted octanol–water partition coefficient (Wildman–Crippen LogP) is 2.46. The van der Waals surface area contributed by atoms with Crippen LogP contribution in [0.3, 0.4) is 0 Å². The summed E-state index contributed by atoms with van der Waals surface area (Å²) in [4.78, 5) is 5.02. The fourth-order valence-electron chi connectivity index (χ4n) is 1.05. The average Bonchev–Trinajstić information content (AvgIpc) is 2.08. The number of halogens is 2. The van der Waals surface area contributed by atoms with Gasteiger partial charge in [0.1, 0.15) is 0 Å². The molecule has 0 aromatic carbocycles. The van der Waals surface area contributed by atoms with Gasteiger partial charge in [0, 0.05) is 13.1 Å². The highest BCUT2D eigenvalue weighted by molar-refractivity contribution is 6.40. The molecule has 68 valence electrons. The van der Waals surface area contributed by atoms with Crippen LogP contribution in [0.5, 0.6) is 0 Å². The molecule has 1 rings (SSSR count). The Morgan fingerprint density at radius 3 is 1.91 bits per heavy atom. The smallest absolute Gasteiger partial charge is 0.0967 e. The van der Waals surface area contributed by atoms with Gasteiger partial charge in [0.2, 0.25) is 0 Å². The first-order valence-corrected chi connectivity index (χ1v) is 4.83. The van der Waals surface area contributed by atoms with E-state index in [4.69, 9.17) is 28.0 Å². The first kappa shape index (κ1) is 11.5. The highest BCUT2D eigenvalue weighted by Gasteiger charge is 2.06. The molecule has 0 atom stereocenters. The van der Waals surface area contributed by atoms with Gasteiger partial charge in [-0.05, 0) is 12.8 Å². The lowest BCUT2D eigenvalue weighted by molar-refractivity contribution is -0.141. The van der Waals surface area contributed by atoms with E-state index in [0.717, 1.165) is 13.1 Å². The molecule has 1 aliphatic rings. The van der Waals surface area contributed by atoms with Crippen molar-refractivity contribution < 1.29 is 4.84 Å². The molecule has 0 spiro atoms. The first-order valence-electron chi connectivity index (χ1n) is 3.76. The normalized spacial score (nSPS) is 18.8. The van der Waals surface area contributed by atoms with Crippen LogP contribution in [-0.2, 0) is 4.84 Å². The van der Waals surface area contributed by atoms with Gasteiger partial charge in [-0.25, -0.2) is 0 Å². The molecule has 0 unspecified atom stereocenters. The van der Waals surface area contributed by atoms with Gasteiger partial charge in [0.15, 0.2) is 0 Å². The maximum absolute atomic E-state index is 5.02. The Morgan fingerprint density at radius 2 is 1.64 bits per heavy atom. The Kier molecular flexibility index (Phi) is 8.99. The molecule has 1 fully saturated rings. The first-order chi connectivity index (χ1) is 5.35. The minimum atomic E-state index is 0.194. The second kappa shape index (κ2) is 8.60. The van der Waals surface area contributed by atoms with E-state index in [9.17, 15) is 0 Å². The molecule has 11 heavy (non-hydrogen) atoms. The van der Waals surface area contributed by atoms with Gasteiger partial charge in [-0.3, -0.25) is 0 Å². The van der Waals surface area contributed by atoms with Crippen LogP contribution in [0, 0.1) is 0 Å². The molecule has 1 heterocycles. The summed E-state index contributed by atoms with van der Waals surface area (Å²) < 4.78 is 0. The van der Waals surface area contributed by atoms with Crippen molar-refractivity contribution in [3.05, 3.63) is 0 Å². The maximum Gasteiger partial charge on any atom is 0.0967 e. The minimum absolute atomic E-state index is 0.194. The van der Waals surface area contributed by atoms with Gasteiger partial charge in [0.25, 0.3) is 0 Å². The number of alkyl halides is 2. The maximum atomic E-state index is 5.02. The number of piperidine rings is 1. The van der Waals surface area contributed by atoms with E-state index in [1.807, 2.05) is 5.06 Å². The number of hydroxylamine groups is 2. The molecule has 1 saturated heterocycles. The third kappa shape index (κ3) is 6.88. The Labute approximate surface area is 78.4 Å². The zero-order chi connectivity index (χ0) is 8.53. The molecule has 4 heteroatoms. The Bertz CT molecular complexity index is 76.8. The predicted molar refractivity (Wildman–Crippen MR) is 49.0 cm³/mol. The lowest BCUT2D eigenvalue weighted by Crippen LogP contribution is -2.28. The summed E-state index contributed by atoms with van der Waals surface area (Å²) in [7, 11) is 1.74. The van der Waals surface area contributed by atoms with Crippen molar-refractivity contribution in [1.29, 1.82) is 0 Å². The molecule has 0 aliphatic carbocycles. The van der Waals surface area contributed by atoms with Crippen LogP contribution in [0.4, 0.5) is 0 Å². The number of hydrogen-bond acceptors (Lipinski definition) is 2. The monoisotopic (exact) mass is 199 g/mol. The summed E-state index contributed by atoms with van der Waals surface area (Å²) in [5.74, 6) is 0. The SMILES string of the molecule is CON1CCCCC1.ClCCl. The van der Waals surface area contributed by atoms with E-state index in [-0.39, 0.29) is 5.34 Å². The molecule has 0 amide bonds. The lowest BCUT2D eigenvalue weighted by atomic mass is 10.2.